The number of carbonyl (C=O) groups is 3. The van der Waals surface area contributed by atoms with Gasteiger partial charge in [0.15, 0.2) is 0 Å². The summed E-state index contributed by atoms with van der Waals surface area (Å²) in [5, 5.41) is 5.37. The fourth-order valence-corrected chi connectivity index (χ4v) is 6.21. The number of hydrogen-bond donors (Lipinski definition) is 2. The van der Waals surface area contributed by atoms with Crippen molar-refractivity contribution < 1.29 is 27.5 Å². The number of sulfonamides is 1. The molecule has 2 aromatic carbocycles. The van der Waals surface area contributed by atoms with Crippen molar-refractivity contribution in [2.75, 3.05) is 32.1 Å². The molecule has 0 radical (unpaired) electrons. The van der Waals surface area contributed by atoms with Crippen LogP contribution in [0.3, 0.4) is 0 Å². The maximum Gasteiger partial charge on any atom is 0.325 e. The van der Waals surface area contributed by atoms with Crippen LogP contribution in [0, 0.1) is 0 Å². The molecule has 10 nitrogen and oxygen atoms in total. The zero-order chi connectivity index (χ0) is 25.4. The zero-order valence-corrected chi connectivity index (χ0v) is 20.6. The van der Waals surface area contributed by atoms with E-state index in [2.05, 4.69) is 10.6 Å². The number of urea groups is 1. The van der Waals surface area contributed by atoms with E-state index in [4.69, 9.17) is 4.74 Å². The minimum absolute atomic E-state index is 0.00573. The lowest BCUT2D eigenvalue weighted by molar-refractivity contribution is -0.134. The van der Waals surface area contributed by atoms with E-state index in [-0.39, 0.29) is 16.3 Å². The summed E-state index contributed by atoms with van der Waals surface area (Å²) in [6.45, 7) is 3.54. The van der Waals surface area contributed by atoms with Crippen molar-refractivity contribution in [3.63, 3.8) is 0 Å². The number of anilines is 1. The monoisotopic (exact) mass is 500 g/mol. The number of nitrogens with one attached hydrogen (secondary N) is 2. The van der Waals surface area contributed by atoms with Gasteiger partial charge in [0.2, 0.25) is 15.9 Å². The van der Waals surface area contributed by atoms with Gasteiger partial charge in [-0.15, -0.1) is 0 Å². The average Bonchev–Trinajstić information content (AvgIpc) is 3.32. The SMILES string of the molecule is CCN(CC)S(=O)(=O)c1ccc(OC)c(NC(=O)CN2C(=O)N[C@@]3(CCc4ccccc43)C2=O)c1. The molecule has 186 valence electrons. The van der Waals surface area contributed by atoms with E-state index < -0.39 is 40.0 Å². The molecule has 35 heavy (non-hydrogen) atoms. The smallest absolute Gasteiger partial charge is 0.325 e. The molecule has 4 rings (SSSR count). The number of methoxy groups -OCH3 is 1. The molecule has 1 fully saturated rings. The van der Waals surface area contributed by atoms with Crippen LogP contribution in [0.5, 0.6) is 5.75 Å². The van der Waals surface area contributed by atoms with Gasteiger partial charge >= 0.3 is 6.03 Å². The number of imide groups is 1. The Hall–Kier alpha value is -3.44. The molecular formula is C24H28N4O6S. The first-order valence-electron chi connectivity index (χ1n) is 11.4. The summed E-state index contributed by atoms with van der Waals surface area (Å²) in [7, 11) is -2.38. The van der Waals surface area contributed by atoms with Crippen molar-refractivity contribution in [3.05, 3.63) is 53.6 Å². The third-order valence-electron chi connectivity index (χ3n) is 6.51. The first-order valence-corrected chi connectivity index (χ1v) is 12.8. The number of benzene rings is 2. The lowest BCUT2D eigenvalue weighted by Gasteiger charge is -2.22. The predicted molar refractivity (Wildman–Crippen MR) is 128 cm³/mol. The quantitative estimate of drug-likeness (QED) is 0.535. The molecule has 2 aliphatic rings. The Bertz CT molecular complexity index is 1290. The molecule has 0 aromatic heterocycles. The normalized spacial score (nSPS) is 19.3. The summed E-state index contributed by atoms with van der Waals surface area (Å²) in [6, 6.07) is 10.9. The third-order valence-corrected chi connectivity index (χ3v) is 8.56. The molecule has 0 bridgehead atoms. The maximum absolute atomic E-state index is 13.3. The molecule has 1 heterocycles. The number of carbonyl (C=O) groups excluding carboxylic acids is 3. The summed E-state index contributed by atoms with van der Waals surface area (Å²) in [6.07, 6.45) is 1.07. The van der Waals surface area contributed by atoms with Crippen LogP contribution in [0.2, 0.25) is 0 Å². The Morgan fingerprint density at radius 1 is 1.17 bits per heavy atom. The summed E-state index contributed by atoms with van der Waals surface area (Å²) < 4.78 is 32.4. The second kappa shape index (κ2) is 9.31. The van der Waals surface area contributed by atoms with E-state index in [9.17, 15) is 22.8 Å². The molecular weight excluding hydrogens is 472 g/mol. The van der Waals surface area contributed by atoms with Crippen LogP contribution >= 0.6 is 0 Å². The van der Waals surface area contributed by atoms with Gasteiger partial charge in [0.05, 0.1) is 17.7 Å². The van der Waals surface area contributed by atoms with Gasteiger partial charge in [-0.3, -0.25) is 14.5 Å². The highest BCUT2D eigenvalue weighted by molar-refractivity contribution is 7.89. The van der Waals surface area contributed by atoms with Crippen LogP contribution in [0.4, 0.5) is 10.5 Å². The Balaban J connectivity index is 1.55. The third kappa shape index (κ3) is 4.14. The van der Waals surface area contributed by atoms with E-state index in [1.807, 2.05) is 24.3 Å². The molecule has 2 aromatic rings. The number of ether oxygens (including phenoxy) is 1. The number of fused-ring (bicyclic) bond motifs is 2. The molecule has 1 saturated heterocycles. The van der Waals surface area contributed by atoms with Crippen molar-refractivity contribution in [1.82, 2.24) is 14.5 Å². The lowest BCUT2D eigenvalue weighted by atomic mass is 9.92. The molecule has 2 N–H and O–H groups in total. The topological polar surface area (TPSA) is 125 Å². The van der Waals surface area contributed by atoms with Gasteiger partial charge in [-0.05, 0) is 42.2 Å². The molecule has 1 spiro atoms. The van der Waals surface area contributed by atoms with E-state index in [0.29, 0.717) is 25.9 Å². The van der Waals surface area contributed by atoms with Crippen LogP contribution in [0.25, 0.3) is 0 Å². The second-order valence-electron chi connectivity index (χ2n) is 8.38. The van der Waals surface area contributed by atoms with Crippen LogP contribution < -0.4 is 15.4 Å². The minimum atomic E-state index is -3.77. The molecule has 1 aliphatic heterocycles. The van der Waals surface area contributed by atoms with Crippen molar-refractivity contribution in [2.45, 2.75) is 37.1 Å². The highest BCUT2D eigenvalue weighted by Crippen LogP contribution is 2.41. The fourth-order valence-electron chi connectivity index (χ4n) is 4.72. The van der Waals surface area contributed by atoms with Gasteiger partial charge in [0, 0.05) is 13.1 Å². The predicted octanol–water partition coefficient (Wildman–Crippen LogP) is 2.06. The number of hydrogen-bond acceptors (Lipinski definition) is 6. The second-order valence-corrected chi connectivity index (χ2v) is 10.3. The van der Waals surface area contributed by atoms with Crippen molar-refractivity contribution >= 4 is 33.6 Å². The van der Waals surface area contributed by atoms with E-state index in [0.717, 1.165) is 16.0 Å². The maximum atomic E-state index is 13.3. The van der Waals surface area contributed by atoms with E-state index >= 15 is 0 Å². The van der Waals surface area contributed by atoms with Crippen LogP contribution in [0.15, 0.2) is 47.4 Å². The molecule has 4 amide bonds. The summed E-state index contributed by atoms with van der Waals surface area (Å²) in [4.78, 5) is 39.8. The standard InChI is InChI=1S/C24H28N4O6S/c1-4-27(5-2)35(32,33)17-10-11-20(34-3)19(14-17)25-21(29)15-28-22(30)24(26-23(28)31)13-12-16-8-6-7-9-18(16)24/h6-11,14H,4-5,12-13,15H2,1-3H3,(H,25,29)(H,26,31)/t24-/m1/s1. The van der Waals surface area contributed by atoms with Crippen LogP contribution in [-0.2, 0) is 31.6 Å². The van der Waals surface area contributed by atoms with Crippen LogP contribution in [-0.4, -0.2) is 62.2 Å². The summed E-state index contributed by atoms with van der Waals surface area (Å²) >= 11 is 0. The lowest BCUT2D eigenvalue weighted by Crippen LogP contribution is -2.43. The van der Waals surface area contributed by atoms with Crippen molar-refractivity contribution in [3.8, 4) is 5.75 Å². The zero-order valence-electron chi connectivity index (χ0n) is 19.8. The summed E-state index contributed by atoms with van der Waals surface area (Å²) in [5.41, 5.74) is 0.697. The van der Waals surface area contributed by atoms with Gasteiger partial charge in [-0.2, -0.15) is 4.31 Å². The number of rotatable bonds is 8. The fraction of sp³-hybridized carbons (Fsp3) is 0.375. The molecule has 0 saturated carbocycles. The van der Waals surface area contributed by atoms with Crippen molar-refractivity contribution in [1.29, 1.82) is 0 Å². The van der Waals surface area contributed by atoms with Gasteiger partial charge < -0.3 is 15.4 Å². The van der Waals surface area contributed by atoms with Gasteiger partial charge in [0.1, 0.15) is 17.8 Å². The Morgan fingerprint density at radius 3 is 2.57 bits per heavy atom. The number of nitrogens with zero attached hydrogens (tertiary/aromatic N) is 2. The van der Waals surface area contributed by atoms with Crippen LogP contribution in [0.1, 0.15) is 31.4 Å². The average molecular weight is 501 g/mol. The van der Waals surface area contributed by atoms with Gasteiger partial charge in [-0.25, -0.2) is 13.2 Å². The van der Waals surface area contributed by atoms with E-state index in [1.54, 1.807) is 13.8 Å². The number of amides is 4. The highest BCUT2D eigenvalue weighted by Gasteiger charge is 2.55. The first kappa shape index (κ1) is 24.7. The van der Waals surface area contributed by atoms with Gasteiger partial charge in [-0.1, -0.05) is 38.1 Å². The molecule has 0 unspecified atom stereocenters. The Labute approximate surface area is 204 Å². The molecule has 11 heteroatoms. The largest absolute Gasteiger partial charge is 0.495 e. The molecule has 1 atom stereocenters. The Morgan fingerprint density at radius 2 is 1.89 bits per heavy atom. The highest BCUT2D eigenvalue weighted by atomic mass is 32.2. The number of aryl methyl sites for hydroxylation is 1. The van der Waals surface area contributed by atoms with E-state index in [1.165, 1.54) is 29.6 Å². The van der Waals surface area contributed by atoms with Gasteiger partial charge in [0.25, 0.3) is 5.91 Å². The molecule has 1 aliphatic carbocycles. The minimum Gasteiger partial charge on any atom is -0.495 e. The first-order chi connectivity index (χ1) is 16.7. The van der Waals surface area contributed by atoms with Crippen molar-refractivity contribution in [2.24, 2.45) is 0 Å². The Kier molecular flexibility index (Phi) is 6.56. The summed E-state index contributed by atoms with van der Waals surface area (Å²) in [5.74, 6) is -0.893.